The smallest absolute Gasteiger partial charge is 0.237 e. The second kappa shape index (κ2) is 9.08. The van der Waals surface area contributed by atoms with Gasteiger partial charge in [-0.15, -0.1) is 11.8 Å². The highest BCUT2D eigenvalue weighted by Crippen LogP contribution is 2.27. The Bertz CT molecular complexity index is 735. The van der Waals surface area contributed by atoms with Crippen LogP contribution in [0.3, 0.4) is 0 Å². The monoisotopic (exact) mass is 359 g/mol. The van der Waals surface area contributed by atoms with Crippen molar-refractivity contribution in [1.82, 2.24) is 4.98 Å². The van der Waals surface area contributed by atoms with Crippen molar-refractivity contribution >= 4 is 35.0 Å². The van der Waals surface area contributed by atoms with Crippen LogP contribution in [0, 0.1) is 0 Å². The lowest BCUT2D eigenvalue weighted by Crippen LogP contribution is -2.22. The Balaban J connectivity index is 1.97. The van der Waals surface area contributed by atoms with Gasteiger partial charge in [0.05, 0.1) is 11.9 Å². The van der Waals surface area contributed by atoms with Crippen molar-refractivity contribution in [2.75, 3.05) is 17.2 Å². The minimum Gasteiger partial charge on any atom is -0.476 e. The molecule has 132 valence electrons. The normalized spacial score (nSPS) is 11.5. The molecule has 7 heteroatoms. The first-order valence-electron chi connectivity index (χ1n) is 7.92. The van der Waals surface area contributed by atoms with Crippen LogP contribution >= 0.6 is 11.8 Å². The molecule has 1 aromatic heterocycles. The number of rotatable bonds is 7. The first kappa shape index (κ1) is 18.8. The number of nitrogens with one attached hydrogen (secondary N) is 2. The summed E-state index contributed by atoms with van der Waals surface area (Å²) < 4.78 is 5.41. The molecular weight excluding hydrogens is 338 g/mol. The third kappa shape index (κ3) is 5.79. The van der Waals surface area contributed by atoms with Crippen molar-refractivity contribution in [3.63, 3.8) is 0 Å². The zero-order chi connectivity index (χ0) is 18.2. The average Bonchev–Trinajstić information content (AvgIpc) is 2.58. The van der Waals surface area contributed by atoms with Gasteiger partial charge in [0.1, 0.15) is 5.69 Å². The minimum absolute atomic E-state index is 0.116. The minimum atomic E-state index is -0.304. The van der Waals surface area contributed by atoms with Gasteiger partial charge in [-0.25, -0.2) is 4.98 Å². The number of anilines is 2. The van der Waals surface area contributed by atoms with Gasteiger partial charge in [-0.2, -0.15) is 0 Å². The molecule has 1 unspecified atom stereocenters. The van der Waals surface area contributed by atoms with E-state index >= 15 is 0 Å². The van der Waals surface area contributed by atoms with Crippen molar-refractivity contribution in [2.45, 2.75) is 30.9 Å². The Kier molecular flexibility index (Phi) is 6.82. The molecule has 1 atom stereocenters. The van der Waals surface area contributed by atoms with Crippen LogP contribution in [0.15, 0.2) is 47.5 Å². The molecule has 1 aromatic carbocycles. The van der Waals surface area contributed by atoms with Crippen LogP contribution in [0.25, 0.3) is 0 Å². The summed E-state index contributed by atoms with van der Waals surface area (Å²) in [6, 6.07) is 10.9. The molecule has 0 saturated heterocycles. The lowest BCUT2D eigenvalue weighted by Gasteiger charge is -2.14. The van der Waals surface area contributed by atoms with E-state index in [9.17, 15) is 9.59 Å². The van der Waals surface area contributed by atoms with Gasteiger partial charge in [0, 0.05) is 23.7 Å². The molecule has 2 amide bonds. The number of carbonyl (C=O) groups excluding carboxylic acids is 2. The van der Waals surface area contributed by atoms with E-state index in [2.05, 4.69) is 15.6 Å². The maximum atomic E-state index is 12.4. The zero-order valence-electron chi connectivity index (χ0n) is 14.4. The Morgan fingerprint density at radius 2 is 1.92 bits per heavy atom. The Hall–Kier alpha value is -2.54. The molecule has 2 rings (SSSR count). The number of ether oxygens (including phenoxy) is 1. The summed E-state index contributed by atoms with van der Waals surface area (Å²) in [5.74, 6) is 0.162. The highest BCUT2D eigenvalue weighted by molar-refractivity contribution is 8.00. The number of aromatic nitrogens is 1. The van der Waals surface area contributed by atoms with Crippen LogP contribution in [-0.4, -0.2) is 28.7 Å². The van der Waals surface area contributed by atoms with E-state index in [1.54, 1.807) is 18.3 Å². The Labute approximate surface area is 151 Å². The average molecular weight is 359 g/mol. The number of carbonyl (C=O) groups is 2. The molecule has 2 aromatic rings. The standard InChI is InChI=1S/C18H21N3O3S/c1-4-24-18-16(6-5-11-19-18)21-17(23)12(2)25-15-9-7-14(8-10-15)20-13(3)22/h5-12H,4H2,1-3H3,(H,20,22)(H,21,23). The Morgan fingerprint density at radius 1 is 1.20 bits per heavy atom. The fraction of sp³-hybridized carbons (Fsp3) is 0.278. The van der Waals surface area contributed by atoms with E-state index in [4.69, 9.17) is 4.74 Å². The maximum absolute atomic E-state index is 12.4. The van der Waals surface area contributed by atoms with Crippen molar-refractivity contribution in [3.8, 4) is 5.88 Å². The van der Waals surface area contributed by atoms with Gasteiger partial charge in [-0.3, -0.25) is 9.59 Å². The molecule has 1 heterocycles. The Morgan fingerprint density at radius 3 is 2.56 bits per heavy atom. The second-order valence-electron chi connectivity index (χ2n) is 5.24. The van der Waals surface area contributed by atoms with Crippen LogP contribution in [0.5, 0.6) is 5.88 Å². The van der Waals surface area contributed by atoms with E-state index in [1.165, 1.54) is 18.7 Å². The van der Waals surface area contributed by atoms with E-state index in [1.807, 2.05) is 38.1 Å². The van der Waals surface area contributed by atoms with Gasteiger partial charge in [0.2, 0.25) is 17.7 Å². The molecule has 2 N–H and O–H groups in total. The highest BCUT2D eigenvalue weighted by atomic mass is 32.2. The predicted molar refractivity (Wildman–Crippen MR) is 100 cm³/mol. The molecular formula is C18H21N3O3S. The molecule has 0 fully saturated rings. The van der Waals surface area contributed by atoms with Crippen LogP contribution in [0.4, 0.5) is 11.4 Å². The van der Waals surface area contributed by atoms with Crippen LogP contribution in [-0.2, 0) is 9.59 Å². The number of hydrogen-bond acceptors (Lipinski definition) is 5. The van der Waals surface area contributed by atoms with Gasteiger partial charge in [0.25, 0.3) is 0 Å². The predicted octanol–water partition coefficient (Wildman–Crippen LogP) is 3.56. The summed E-state index contributed by atoms with van der Waals surface area (Å²) in [4.78, 5) is 28.5. The first-order valence-corrected chi connectivity index (χ1v) is 8.80. The summed E-state index contributed by atoms with van der Waals surface area (Å²) in [6.07, 6.45) is 1.62. The van der Waals surface area contributed by atoms with E-state index in [-0.39, 0.29) is 17.1 Å². The van der Waals surface area contributed by atoms with Gasteiger partial charge in [-0.05, 0) is 50.2 Å². The summed E-state index contributed by atoms with van der Waals surface area (Å²) in [6.45, 7) is 5.64. The van der Waals surface area contributed by atoms with Gasteiger partial charge in [0.15, 0.2) is 0 Å². The molecule has 0 saturated carbocycles. The first-order chi connectivity index (χ1) is 12.0. The van der Waals surface area contributed by atoms with Crippen molar-refractivity contribution in [1.29, 1.82) is 0 Å². The number of thioether (sulfide) groups is 1. The van der Waals surface area contributed by atoms with E-state index in [0.29, 0.717) is 18.2 Å². The molecule has 0 aliphatic heterocycles. The number of nitrogens with zero attached hydrogens (tertiary/aromatic N) is 1. The van der Waals surface area contributed by atoms with Crippen molar-refractivity contribution < 1.29 is 14.3 Å². The highest BCUT2D eigenvalue weighted by Gasteiger charge is 2.16. The van der Waals surface area contributed by atoms with Gasteiger partial charge < -0.3 is 15.4 Å². The maximum Gasteiger partial charge on any atom is 0.237 e. The number of pyridine rings is 1. The van der Waals surface area contributed by atoms with Crippen molar-refractivity contribution in [3.05, 3.63) is 42.6 Å². The van der Waals surface area contributed by atoms with Crippen LogP contribution < -0.4 is 15.4 Å². The molecule has 25 heavy (non-hydrogen) atoms. The molecule has 0 aliphatic carbocycles. The number of benzene rings is 1. The van der Waals surface area contributed by atoms with Gasteiger partial charge in [-0.1, -0.05) is 0 Å². The number of hydrogen-bond donors (Lipinski definition) is 2. The summed E-state index contributed by atoms with van der Waals surface area (Å²) in [5, 5.41) is 5.25. The lowest BCUT2D eigenvalue weighted by atomic mass is 10.3. The molecule has 0 spiro atoms. The quantitative estimate of drug-likeness (QED) is 0.739. The zero-order valence-corrected chi connectivity index (χ0v) is 15.2. The fourth-order valence-corrected chi connectivity index (χ4v) is 2.92. The van der Waals surface area contributed by atoms with E-state index < -0.39 is 0 Å². The largest absolute Gasteiger partial charge is 0.476 e. The number of amides is 2. The van der Waals surface area contributed by atoms with Crippen molar-refractivity contribution in [2.24, 2.45) is 0 Å². The van der Waals surface area contributed by atoms with Crippen LogP contribution in [0.2, 0.25) is 0 Å². The second-order valence-corrected chi connectivity index (χ2v) is 6.66. The van der Waals surface area contributed by atoms with Gasteiger partial charge >= 0.3 is 0 Å². The topological polar surface area (TPSA) is 80.3 Å². The third-order valence-corrected chi connectivity index (χ3v) is 4.28. The molecule has 6 nitrogen and oxygen atoms in total. The SMILES string of the molecule is CCOc1ncccc1NC(=O)C(C)Sc1ccc(NC(C)=O)cc1. The molecule has 0 bridgehead atoms. The fourth-order valence-electron chi connectivity index (χ4n) is 2.05. The summed E-state index contributed by atoms with van der Waals surface area (Å²) >= 11 is 1.43. The third-order valence-electron chi connectivity index (χ3n) is 3.17. The lowest BCUT2D eigenvalue weighted by molar-refractivity contribution is -0.115. The summed E-state index contributed by atoms with van der Waals surface area (Å²) in [7, 11) is 0. The van der Waals surface area contributed by atoms with E-state index in [0.717, 1.165) is 10.6 Å². The summed E-state index contributed by atoms with van der Waals surface area (Å²) in [5.41, 5.74) is 1.29. The molecule has 0 aliphatic rings. The molecule has 0 radical (unpaired) electrons. The van der Waals surface area contributed by atoms with Crippen LogP contribution in [0.1, 0.15) is 20.8 Å².